The molecule has 3 heterocycles. The summed E-state index contributed by atoms with van der Waals surface area (Å²) in [7, 11) is 0. The van der Waals surface area contributed by atoms with Crippen LogP contribution < -0.4 is 4.90 Å². The van der Waals surface area contributed by atoms with Crippen LogP contribution in [0.5, 0.6) is 0 Å². The van der Waals surface area contributed by atoms with Gasteiger partial charge in [-0.25, -0.2) is 9.78 Å². The molecule has 2 aromatic rings. The lowest BCUT2D eigenvalue weighted by Gasteiger charge is -2.35. The molecule has 0 bridgehead atoms. The highest BCUT2D eigenvalue weighted by atomic mass is 16.6. The van der Waals surface area contributed by atoms with Crippen LogP contribution in [0.2, 0.25) is 0 Å². The van der Waals surface area contributed by atoms with Gasteiger partial charge in [0.1, 0.15) is 17.0 Å². The Morgan fingerprint density at radius 2 is 1.82 bits per heavy atom. The summed E-state index contributed by atoms with van der Waals surface area (Å²) in [4.78, 5) is 32.9. The number of hydrogen-bond donors (Lipinski definition) is 0. The average Bonchev–Trinajstić information content (AvgIpc) is 2.96. The van der Waals surface area contributed by atoms with Crippen molar-refractivity contribution in [3.63, 3.8) is 0 Å². The van der Waals surface area contributed by atoms with Gasteiger partial charge in [0, 0.05) is 49.4 Å². The summed E-state index contributed by atoms with van der Waals surface area (Å²) >= 11 is 0. The molecule has 142 valence electrons. The van der Waals surface area contributed by atoms with Gasteiger partial charge in [0.15, 0.2) is 0 Å². The van der Waals surface area contributed by atoms with Crippen molar-refractivity contribution in [3.8, 4) is 11.8 Å². The number of esters is 1. The molecule has 0 spiro atoms. The molecule has 4 rings (SSSR count). The number of carbonyl (C=O) groups is 2. The molecule has 2 aliphatic heterocycles. The number of ether oxygens (including phenoxy) is 1. The van der Waals surface area contributed by atoms with Crippen molar-refractivity contribution in [2.75, 3.05) is 31.1 Å². The van der Waals surface area contributed by atoms with Gasteiger partial charge in [0.05, 0.1) is 0 Å². The van der Waals surface area contributed by atoms with Crippen LogP contribution in [0.3, 0.4) is 0 Å². The van der Waals surface area contributed by atoms with E-state index in [-0.39, 0.29) is 11.9 Å². The summed E-state index contributed by atoms with van der Waals surface area (Å²) in [5.74, 6) is 5.73. The van der Waals surface area contributed by atoms with E-state index in [0.717, 1.165) is 11.1 Å². The number of piperazine rings is 1. The molecular formula is C22H21N3O3. The van der Waals surface area contributed by atoms with Crippen molar-refractivity contribution < 1.29 is 14.3 Å². The van der Waals surface area contributed by atoms with Gasteiger partial charge in [0.2, 0.25) is 0 Å². The number of anilines is 1. The summed E-state index contributed by atoms with van der Waals surface area (Å²) in [6.07, 6.45) is 1.71. The topological polar surface area (TPSA) is 62.7 Å². The van der Waals surface area contributed by atoms with Crippen LogP contribution in [0.4, 0.5) is 5.82 Å². The minimum Gasteiger partial charge on any atom is -0.451 e. The molecule has 6 heteroatoms. The van der Waals surface area contributed by atoms with Crippen molar-refractivity contribution in [2.45, 2.75) is 19.4 Å². The zero-order valence-corrected chi connectivity index (χ0v) is 15.9. The second kappa shape index (κ2) is 7.01. The molecule has 0 atom stereocenters. The van der Waals surface area contributed by atoms with E-state index in [0.29, 0.717) is 37.6 Å². The maximum atomic E-state index is 12.4. The van der Waals surface area contributed by atoms with Gasteiger partial charge in [-0.05, 0) is 32.0 Å². The minimum absolute atomic E-state index is 0.185. The first-order valence-electron chi connectivity index (χ1n) is 9.29. The maximum Gasteiger partial charge on any atom is 0.343 e. The fourth-order valence-electron chi connectivity index (χ4n) is 3.58. The molecule has 28 heavy (non-hydrogen) atoms. The molecule has 1 saturated heterocycles. The monoisotopic (exact) mass is 375 g/mol. The largest absolute Gasteiger partial charge is 0.451 e. The molecule has 0 N–H and O–H groups in total. The van der Waals surface area contributed by atoms with E-state index in [1.165, 1.54) is 0 Å². The minimum atomic E-state index is -0.644. The second-order valence-electron chi connectivity index (χ2n) is 7.35. The van der Waals surface area contributed by atoms with Crippen LogP contribution >= 0.6 is 0 Å². The SMILES string of the molecule is CC1(C)OC(=O)c2c1ccnc2N1CCN(C(=O)C#Cc2ccccc2)CC1. The summed E-state index contributed by atoms with van der Waals surface area (Å²) in [6, 6.07) is 11.3. The van der Waals surface area contributed by atoms with E-state index in [4.69, 9.17) is 4.74 Å². The third-order valence-electron chi connectivity index (χ3n) is 5.09. The second-order valence-corrected chi connectivity index (χ2v) is 7.35. The molecule has 0 saturated carbocycles. The molecule has 6 nitrogen and oxygen atoms in total. The Hall–Kier alpha value is -3.33. The number of fused-ring (bicyclic) bond motifs is 1. The van der Waals surface area contributed by atoms with Crippen molar-refractivity contribution >= 4 is 17.7 Å². The predicted molar refractivity (Wildman–Crippen MR) is 105 cm³/mol. The summed E-state index contributed by atoms with van der Waals surface area (Å²) in [6.45, 7) is 6.01. The van der Waals surface area contributed by atoms with E-state index in [2.05, 4.69) is 16.8 Å². The number of cyclic esters (lactones) is 1. The van der Waals surface area contributed by atoms with E-state index in [1.807, 2.05) is 55.1 Å². The number of nitrogens with zero attached hydrogens (tertiary/aromatic N) is 3. The Kier molecular flexibility index (Phi) is 4.52. The van der Waals surface area contributed by atoms with E-state index >= 15 is 0 Å². The van der Waals surface area contributed by atoms with Crippen LogP contribution in [0.15, 0.2) is 42.6 Å². The Labute approximate surface area is 164 Å². The van der Waals surface area contributed by atoms with Crippen LogP contribution in [0.25, 0.3) is 0 Å². The predicted octanol–water partition coefficient (Wildman–Crippen LogP) is 2.19. The molecule has 1 aromatic heterocycles. The fraction of sp³-hybridized carbons (Fsp3) is 0.318. The fourth-order valence-corrected chi connectivity index (χ4v) is 3.58. The summed E-state index contributed by atoms with van der Waals surface area (Å²) in [5, 5.41) is 0. The normalized spacial score (nSPS) is 17.4. The molecular weight excluding hydrogens is 354 g/mol. The lowest BCUT2D eigenvalue weighted by atomic mass is 9.97. The van der Waals surface area contributed by atoms with Gasteiger partial charge >= 0.3 is 5.97 Å². The first-order chi connectivity index (χ1) is 13.5. The van der Waals surface area contributed by atoms with Crippen molar-refractivity contribution in [2.24, 2.45) is 0 Å². The Bertz CT molecular complexity index is 981. The smallest absolute Gasteiger partial charge is 0.343 e. The first-order valence-corrected chi connectivity index (χ1v) is 9.29. The molecule has 0 unspecified atom stereocenters. The average molecular weight is 375 g/mol. The van der Waals surface area contributed by atoms with E-state index in [9.17, 15) is 9.59 Å². The highest BCUT2D eigenvalue weighted by Gasteiger charge is 2.41. The van der Waals surface area contributed by atoms with Crippen LogP contribution in [0, 0.1) is 11.8 Å². The molecule has 1 fully saturated rings. The standard InChI is InChI=1S/C22H21N3O3/c1-22(2)17-10-11-23-20(19(17)21(27)28-22)25-14-12-24(13-15-25)18(26)9-8-16-6-4-3-5-7-16/h3-7,10-11H,12-15H2,1-2H3. The molecule has 1 aromatic carbocycles. The zero-order valence-electron chi connectivity index (χ0n) is 15.9. The van der Waals surface area contributed by atoms with Gasteiger partial charge in [-0.3, -0.25) is 4.79 Å². The van der Waals surface area contributed by atoms with E-state index in [1.54, 1.807) is 11.1 Å². The summed E-state index contributed by atoms with van der Waals surface area (Å²) < 4.78 is 5.50. The number of pyridine rings is 1. The quantitative estimate of drug-likeness (QED) is 0.565. The number of benzene rings is 1. The Balaban J connectivity index is 1.46. The number of carbonyl (C=O) groups excluding carboxylic acids is 2. The highest BCUT2D eigenvalue weighted by molar-refractivity contribution is 5.99. The van der Waals surface area contributed by atoms with Gasteiger partial charge in [-0.15, -0.1) is 0 Å². The van der Waals surface area contributed by atoms with Crippen LogP contribution in [-0.2, 0) is 15.1 Å². The number of aromatic nitrogens is 1. The van der Waals surface area contributed by atoms with Gasteiger partial charge in [0.25, 0.3) is 5.91 Å². The Morgan fingerprint density at radius 1 is 1.11 bits per heavy atom. The summed E-state index contributed by atoms with van der Waals surface area (Å²) in [5.41, 5.74) is 1.57. The third kappa shape index (κ3) is 3.31. The van der Waals surface area contributed by atoms with Crippen molar-refractivity contribution in [3.05, 3.63) is 59.3 Å². The number of hydrogen-bond acceptors (Lipinski definition) is 5. The lowest BCUT2D eigenvalue weighted by molar-refractivity contribution is -0.125. The Morgan fingerprint density at radius 3 is 2.54 bits per heavy atom. The first kappa shape index (κ1) is 18.1. The van der Waals surface area contributed by atoms with Crippen LogP contribution in [-0.4, -0.2) is 47.9 Å². The molecule has 2 aliphatic rings. The molecule has 0 aliphatic carbocycles. The molecule has 0 radical (unpaired) electrons. The number of amides is 1. The van der Waals surface area contributed by atoms with E-state index < -0.39 is 5.60 Å². The molecule has 1 amide bonds. The number of rotatable bonds is 1. The van der Waals surface area contributed by atoms with Gasteiger partial charge in [-0.1, -0.05) is 24.1 Å². The highest BCUT2D eigenvalue weighted by Crippen LogP contribution is 2.39. The van der Waals surface area contributed by atoms with Crippen LogP contribution in [0.1, 0.15) is 35.3 Å². The lowest BCUT2D eigenvalue weighted by Crippen LogP contribution is -2.49. The zero-order chi connectivity index (χ0) is 19.7. The van der Waals surface area contributed by atoms with Crippen molar-refractivity contribution in [1.82, 2.24) is 9.88 Å². The van der Waals surface area contributed by atoms with Gasteiger partial charge in [-0.2, -0.15) is 0 Å². The third-order valence-corrected chi connectivity index (χ3v) is 5.09. The maximum absolute atomic E-state index is 12.4. The van der Waals surface area contributed by atoms with Gasteiger partial charge < -0.3 is 14.5 Å². The van der Waals surface area contributed by atoms with Crippen molar-refractivity contribution in [1.29, 1.82) is 0 Å².